The normalized spacial score (nSPS) is 26.1. The van der Waals surface area contributed by atoms with E-state index >= 15 is 0 Å². The van der Waals surface area contributed by atoms with Crippen LogP contribution in [0.15, 0.2) is 0 Å². The van der Waals surface area contributed by atoms with Crippen molar-refractivity contribution in [1.82, 2.24) is 0 Å². The van der Waals surface area contributed by atoms with Crippen molar-refractivity contribution in [3.63, 3.8) is 0 Å². The molecule has 0 aromatic carbocycles. The molecule has 2 heteroatoms. The molecule has 0 aromatic heterocycles. The number of ether oxygens (including phenoxy) is 1. The Bertz CT molecular complexity index is 910. The van der Waals surface area contributed by atoms with E-state index in [0.717, 1.165) is 13.2 Å². The lowest BCUT2D eigenvalue weighted by Gasteiger charge is -2.68. The van der Waals surface area contributed by atoms with Gasteiger partial charge in [0.2, 0.25) is 0 Å². The molecule has 2 saturated heterocycles. The van der Waals surface area contributed by atoms with Crippen molar-refractivity contribution in [3.8, 4) is 0 Å². The lowest BCUT2D eigenvalue weighted by molar-refractivity contribution is -0.263. The van der Waals surface area contributed by atoms with E-state index in [1.54, 1.807) is 0 Å². The van der Waals surface area contributed by atoms with Crippen LogP contribution in [-0.2, 0) is 4.74 Å². The van der Waals surface area contributed by atoms with E-state index in [-0.39, 0.29) is 21.7 Å². The van der Waals surface area contributed by atoms with Gasteiger partial charge in [-0.25, -0.2) is 0 Å². The molecular formula is C40H76OS. The average Bonchev–Trinajstić information content (AvgIpc) is 2.77. The lowest BCUT2D eigenvalue weighted by atomic mass is 9.38. The zero-order chi connectivity index (χ0) is 32.4. The third kappa shape index (κ3) is 5.21. The molecule has 248 valence electrons. The summed E-state index contributed by atoms with van der Waals surface area (Å²) in [6.45, 7) is 45.9. The van der Waals surface area contributed by atoms with Crippen LogP contribution in [0.2, 0.25) is 0 Å². The third-order valence-electron chi connectivity index (χ3n) is 16.2. The highest BCUT2D eigenvalue weighted by Crippen LogP contribution is 2.70. The molecule has 0 N–H and O–H groups in total. The average molecular weight is 605 g/mol. The van der Waals surface area contributed by atoms with E-state index in [1.165, 1.54) is 56.5 Å². The number of hydrogen-bond donors (Lipinski definition) is 0. The van der Waals surface area contributed by atoms with Crippen LogP contribution in [0.4, 0.5) is 0 Å². The van der Waals surface area contributed by atoms with Crippen molar-refractivity contribution >= 4 is 11.8 Å². The van der Waals surface area contributed by atoms with E-state index in [9.17, 15) is 0 Å². The fourth-order valence-electron chi connectivity index (χ4n) is 11.5. The standard InChI is InChI=1S/C40H76OS/c1-29(2)37(17,38(32(5,6)7)21-19-18-20-22-38)31(4)30(3)36(15,16)39(25-41-26-39)34(11,12)23-24-35(13,14)40(27-42-28-40)33(8,9)10/h29-31H,18-28H2,1-17H3. The minimum atomic E-state index is 0.177. The first-order valence-electron chi connectivity index (χ1n) is 18.0. The molecule has 3 unspecified atom stereocenters. The van der Waals surface area contributed by atoms with E-state index in [2.05, 4.69) is 129 Å². The van der Waals surface area contributed by atoms with Gasteiger partial charge in [0.1, 0.15) is 0 Å². The number of rotatable bonds is 11. The van der Waals surface area contributed by atoms with Crippen molar-refractivity contribution in [2.24, 2.45) is 66.5 Å². The third-order valence-corrected chi connectivity index (χ3v) is 17.6. The summed E-state index contributed by atoms with van der Waals surface area (Å²) < 4.78 is 6.25. The molecule has 3 aliphatic rings. The van der Waals surface area contributed by atoms with Crippen molar-refractivity contribution in [2.75, 3.05) is 24.7 Å². The Morgan fingerprint density at radius 1 is 0.571 bits per heavy atom. The Morgan fingerprint density at radius 3 is 1.31 bits per heavy atom. The van der Waals surface area contributed by atoms with Gasteiger partial charge in [-0.05, 0) is 86.8 Å². The molecule has 0 aromatic rings. The van der Waals surface area contributed by atoms with Gasteiger partial charge in [0.15, 0.2) is 0 Å². The molecule has 0 radical (unpaired) electrons. The summed E-state index contributed by atoms with van der Waals surface area (Å²) in [5, 5.41) is 0. The zero-order valence-electron chi connectivity index (χ0n) is 31.8. The summed E-state index contributed by atoms with van der Waals surface area (Å²) >= 11 is 2.16. The second-order valence-electron chi connectivity index (χ2n) is 20.3. The maximum atomic E-state index is 6.25. The van der Waals surface area contributed by atoms with Crippen molar-refractivity contribution < 1.29 is 4.74 Å². The molecule has 42 heavy (non-hydrogen) atoms. The molecule has 2 aliphatic heterocycles. The molecule has 3 atom stereocenters. The van der Waals surface area contributed by atoms with E-state index in [1.807, 2.05) is 0 Å². The van der Waals surface area contributed by atoms with Crippen LogP contribution in [0.3, 0.4) is 0 Å². The van der Waals surface area contributed by atoms with Gasteiger partial charge in [0.05, 0.1) is 13.2 Å². The Labute approximate surface area is 269 Å². The van der Waals surface area contributed by atoms with E-state index in [4.69, 9.17) is 4.74 Å². The molecule has 1 aliphatic carbocycles. The molecule has 1 nitrogen and oxygen atoms in total. The van der Waals surface area contributed by atoms with Crippen LogP contribution >= 0.6 is 11.8 Å². The molecule has 0 amide bonds. The van der Waals surface area contributed by atoms with Gasteiger partial charge >= 0.3 is 0 Å². The highest BCUT2D eigenvalue weighted by atomic mass is 32.2. The summed E-state index contributed by atoms with van der Waals surface area (Å²) in [6, 6.07) is 0. The Morgan fingerprint density at radius 2 is 1.00 bits per heavy atom. The van der Waals surface area contributed by atoms with Gasteiger partial charge in [-0.15, -0.1) is 0 Å². The number of thioether (sulfide) groups is 1. The predicted octanol–water partition coefficient (Wildman–Crippen LogP) is 12.6. The summed E-state index contributed by atoms with van der Waals surface area (Å²) in [4.78, 5) is 0. The van der Waals surface area contributed by atoms with Gasteiger partial charge in [0, 0.05) is 16.9 Å². The summed E-state index contributed by atoms with van der Waals surface area (Å²) in [5.74, 6) is 4.53. The second-order valence-corrected chi connectivity index (χ2v) is 21.3. The Balaban J connectivity index is 1.96. The Kier molecular flexibility index (Phi) is 10.1. The maximum absolute atomic E-state index is 6.25. The quantitative estimate of drug-likeness (QED) is 0.232. The largest absolute Gasteiger partial charge is 0.380 e. The molecular weight excluding hydrogens is 529 g/mol. The first kappa shape index (κ1) is 36.8. The monoisotopic (exact) mass is 605 g/mol. The summed E-state index contributed by atoms with van der Waals surface area (Å²) in [5.41, 5.74) is 2.66. The fraction of sp³-hybridized carbons (Fsp3) is 1.00. The minimum Gasteiger partial charge on any atom is -0.380 e. The minimum absolute atomic E-state index is 0.177. The molecule has 0 bridgehead atoms. The van der Waals surface area contributed by atoms with E-state index < -0.39 is 0 Å². The van der Waals surface area contributed by atoms with Crippen LogP contribution in [0, 0.1) is 66.5 Å². The van der Waals surface area contributed by atoms with Gasteiger partial charge in [0.25, 0.3) is 0 Å². The van der Waals surface area contributed by atoms with Crippen molar-refractivity contribution in [2.45, 2.75) is 163 Å². The van der Waals surface area contributed by atoms with Crippen LogP contribution in [0.1, 0.15) is 163 Å². The maximum Gasteiger partial charge on any atom is 0.0555 e. The molecule has 3 fully saturated rings. The zero-order valence-corrected chi connectivity index (χ0v) is 32.6. The van der Waals surface area contributed by atoms with Gasteiger partial charge in [-0.2, -0.15) is 11.8 Å². The van der Waals surface area contributed by atoms with Crippen LogP contribution < -0.4 is 0 Å². The smallest absolute Gasteiger partial charge is 0.0555 e. The van der Waals surface area contributed by atoms with Gasteiger partial charge < -0.3 is 4.74 Å². The Hall–Kier alpha value is 0.310. The van der Waals surface area contributed by atoms with Crippen LogP contribution in [0.25, 0.3) is 0 Å². The van der Waals surface area contributed by atoms with Crippen molar-refractivity contribution in [1.29, 1.82) is 0 Å². The molecule has 1 saturated carbocycles. The fourth-order valence-corrected chi connectivity index (χ4v) is 13.8. The van der Waals surface area contributed by atoms with Crippen molar-refractivity contribution in [3.05, 3.63) is 0 Å². The summed E-state index contributed by atoms with van der Waals surface area (Å²) in [6.07, 6.45) is 9.59. The molecule has 0 spiro atoms. The predicted molar refractivity (Wildman–Crippen MR) is 189 cm³/mol. The topological polar surface area (TPSA) is 9.23 Å². The van der Waals surface area contributed by atoms with Crippen LogP contribution in [0.5, 0.6) is 0 Å². The SMILES string of the molecule is CC(C(C)C(C)(C(C)C)C1(C(C)(C)C)CCCCC1)C(C)(C)C1(C(C)(C)CCC(C)(C)C2(C(C)(C)C)CSC2)COC1. The first-order chi connectivity index (χ1) is 18.8. The van der Waals surface area contributed by atoms with E-state index in [0.29, 0.717) is 44.8 Å². The lowest BCUT2D eigenvalue weighted by Crippen LogP contribution is -2.65. The van der Waals surface area contributed by atoms with Gasteiger partial charge in [-0.3, -0.25) is 0 Å². The second kappa shape index (κ2) is 11.5. The number of hydrogen-bond acceptors (Lipinski definition) is 2. The summed E-state index contributed by atoms with van der Waals surface area (Å²) in [7, 11) is 0. The highest BCUT2D eigenvalue weighted by molar-refractivity contribution is 8.00. The van der Waals surface area contributed by atoms with Crippen LogP contribution in [-0.4, -0.2) is 24.7 Å². The molecule has 2 heterocycles. The van der Waals surface area contributed by atoms with Gasteiger partial charge in [-0.1, -0.05) is 137 Å². The highest BCUT2D eigenvalue weighted by Gasteiger charge is 2.66. The molecule has 3 rings (SSSR count). The first-order valence-corrected chi connectivity index (χ1v) is 19.1.